The van der Waals surface area contributed by atoms with Crippen LogP contribution in [0.5, 0.6) is 5.75 Å². The van der Waals surface area contributed by atoms with Crippen LogP contribution in [0.15, 0.2) is 35.7 Å². The van der Waals surface area contributed by atoms with Gasteiger partial charge in [0.05, 0.1) is 19.7 Å². The first-order chi connectivity index (χ1) is 15.6. The molecule has 1 saturated carbocycles. The van der Waals surface area contributed by atoms with Crippen molar-refractivity contribution < 1.29 is 14.3 Å². The summed E-state index contributed by atoms with van der Waals surface area (Å²) >= 11 is 1.76. The highest BCUT2D eigenvalue weighted by molar-refractivity contribution is 7.10. The standard InChI is InChI=1S/C26H34N2O3S/c1-3-15-27(26(30)20-7-5-4-6-8-20)18-24(29)28-16-13-23-22(14-17-32-23)25(28)19-9-11-21(31-2)12-10-19/h9-12,14,17,20,25H,3-8,13,15-16,18H2,1-2H3. The van der Waals surface area contributed by atoms with E-state index in [0.29, 0.717) is 13.1 Å². The Kier molecular flexibility index (Phi) is 7.51. The van der Waals surface area contributed by atoms with E-state index < -0.39 is 0 Å². The zero-order chi connectivity index (χ0) is 22.5. The summed E-state index contributed by atoms with van der Waals surface area (Å²) in [5, 5.41) is 2.12. The van der Waals surface area contributed by atoms with E-state index in [2.05, 4.69) is 18.4 Å². The van der Waals surface area contributed by atoms with E-state index in [0.717, 1.165) is 49.8 Å². The predicted octanol–water partition coefficient (Wildman–Crippen LogP) is 5.05. The van der Waals surface area contributed by atoms with E-state index >= 15 is 0 Å². The third kappa shape index (κ3) is 4.85. The molecule has 172 valence electrons. The second kappa shape index (κ2) is 10.5. The van der Waals surface area contributed by atoms with Gasteiger partial charge in [-0.15, -0.1) is 11.3 Å². The molecular weight excluding hydrogens is 420 g/mol. The van der Waals surface area contributed by atoms with Gasteiger partial charge >= 0.3 is 0 Å². The molecule has 0 radical (unpaired) electrons. The van der Waals surface area contributed by atoms with Crippen LogP contribution in [0.2, 0.25) is 0 Å². The Bertz CT molecular complexity index is 917. The lowest BCUT2D eigenvalue weighted by atomic mass is 9.88. The van der Waals surface area contributed by atoms with Crippen molar-refractivity contribution in [2.75, 3.05) is 26.7 Å². The fourth-order valence-electron chi connectivity index (χ4n) is 5.13. The summed E-state index contributed by atoms with van der Waals surface area (Å²) in [7, 11) is 1.66. The van der Waals surface area contributed by atoms with Gasteiger partial charge in [0.2, 0.25) is 11.8 Å². The topological polar surface area (TPSA) is 49.9 Å². The zero-order valence-electron chi connectivity index (χ0n) is 19.2. The fourth-order valence-corrected chi connectivity index (χ4v) is 6.03. The minimum absolute atomic E-state index is 0.0419. The maximum absolute atomic E-state index is 13.6. The van der Waals surface area contributed by atoms with E-state index in [-0.39, 0.29) is 30.3 Å². The SMILES string of the molecule is CCCN(CC(=O)N1CCc2sccc2C1c1ccc(OC)cc1)C(=O)C1CCCCC1. The molecule has 4 rings (SSSR count). The van der Waals surface area contributed by atoms with Crippen LogP contribution in [0, 0.1) is 5.92 Å². The number of fused-ring (bicyclic) bond motifs is 1. The molecule has 5 nitrogen and oxygen atoms in total. The van der Waals surface area contributed by atoms with Crippen LogP contribution in [0.1, 0.15) is 67.5 Å². The highest BCUT2D eigenvalue weighted by Gasteiger charge is 2.35. The second-order valence-electron chi connectivity index (χ2n) is 8.91. The van der Waals surface area contributed by atoms with E-state index in [1.807, 2.05) is 34.1 Å². The van der Waals surface area contributed by atoms with Gasteiger partial charge in [0, 0.05) is 23.9 Å². The maximum Gasteiger partial charge on any atom is 0.242 e. The number of hydrogen-bond donors (Lipinski definition) is 0. The van der Waals surface area contributed by atoms with Crippen molar-refractivity contribution in [3.63, 3.8) is 0 Å². The minimum Gasteiger partial charge on any atom is -0.497 e. The van der Waals surface area contributed by atoms with Gasteiger partial charge in [-0.2, -0.15) is 0 Å². The molecule has 0 bridgehead atoms. The number of rotatable bonds is 7. The molecule has 0 saturated heterocycles. The largest absolute Gasteiger partial charge is 0.497 e. The number of benzene rings is 1. The van der Waals surface area contributed by atoms with Crippen molar-refractivity contribution in [3.05, 3.63) is 51.7 Å². The Labute approximate surface area is 195 Å². The first-order valence-corrected chi connectivity index (χ1v) is 12.8. The molecule has 0 N–H and O–H groups in total. The number of nitrogens with zero attached hydrogens (tertiary/aromatic N) is 2. The first kappa shape index (κ1) is 22.8. The molecule has 1 atom stereocenters. The van der Waals surface area contributed by atoms with Crippen molar-refractivity contribution in [1.29, 1.82) is 0 Å². The summed E-state index contributed by atoms with van der Waals surface area (Å²) in [6.45, 7) is 3.58. The molecule has 2 heterocycles. The van der Waals surface area contributed by atoms with Crippen LogP contribution in [0.25, 0.3) is 0 Å². The second-order valence-corrected chi connectivity index (χ2v) is 9.91. The van der Waals surface area contributed by atoms with Gasteiger partial charge in [-0.05, 0) is 60.4 Å². The number of ether oxygens (including phenoxy) is 1. The van der Waals surface area contributed by atoms with Crippen LogP contribution in [-0.4, -0.2) is 48.4 Å². The number of amides is 2. The van der Waals surface area contributed by atoms with Gasteiger partial charge in [0.15, 0.2) is 0 Å². The van der Waals surface area contributed by atoms with Gasteiger partial charge in [0.25, 0.3) is 0 Å². The minimum atomic E-state index is -0.114. The zero-order valence-corrected chi connectivity index (χ0v) is 20.0. The maximum atomic E-state index is 13.6. The average molecular weight is 455 g/mol. The molecule has 0 spiro atoms. The molecule has 1 fully saturated rings. The number of carbonyl (C=O) groups is 2. The monoisotopic (exact) mass is 454 g/mol. The first-order valence-electron chi connectivity index (χ1n) is 11.9. The van der Waals surface area contributed by atoms with Gasteiger partial charge in [0.1, 0.15) is 5.75 Å². The summed E-state index contributed by atoms with van der Waals surface area (Å²) in [6, 6.07) is 10.0. The lowest BCUT2D eigenvalue weighted by molar-refractivity contribution is -0.144. The lowest BCUT2D eigenvalue weighted by Gasteiger charge is -2.38. The van der Waals surface area contributed by atoms with Gasteiger partial charge in [-0.3, -0.25) is 9.59 Å². The van der Waals surface area contributed by atoms with E-state index in [4.69, 9.17) is 4.74 Å². The summed E-state index contributed by atoms with van der Waals surface area (Å²) < 4.78 is 5.33. The fraction of sp³-hybridized carbons (Fsp3) is 0.538. The third-order valence-corrected chi connectivity index (χ3v) is 7.80. The summed E-state index contributed by atoms with van der Waals surface area (Å²) in [4.78, 5) is 32.0. The van der Waals surface area contributed by atoms with E-state index in [1.54, 1.807) is 18.4 Å². The summed E-state index contributed by atoms with van der Waals surface area (Å²) in [5.74, 6) is 1.11. The van der Waals surface area contributed by atoms with Crippen molar-refractivity contribution in [3.8, 4) is 5.75 Å². The molecular formula is C26H34N2O3S. The molecule has 1 unspecified atom stereocenters. The number of methoxy groups -OCH3 is 1. The molecule has 1 aliphatic heterocycles. The molecule has 2 amide bonds. The molecule has 2 aliphatic rings. The number of hydrogen-bond acceptors (Lipinski definition) is 4. The molecule has 1 aromatic carbocycles. The number of thiophene rings is 1. The summed E-state index contributed by atoms with van der Waals surface area (Å²) in [5.41, 5.74) is 2.29. The molecule has 32 heavy (non-hydrogen) atoms. The van der Waals surface area contributed by atoms with Crippen molar-refractivity contribution >= 4 is 23.2 Å². The normalized spacial score (nSPS) is 18.8. The Balaban J connectivity index is 1.56. The highest BCUT2D eigenvalue weighted by Crippen LogP contribution is 2.38. The summed E-state index contributed by atoms with van der Waals surface area (Å²) in [6.07, 6.45) is 7.12. The highest BCUT2D eigenvalue weighted by atomic mass is 32.1. The Morgan fingerprint density at radius 2 is 1.88 bits per heavy atom. The molecule has 6 heteroatoms. The Hall–Kier alpha value is -2.34. The third-order valence-electron chi connectivity index (χ3n) is 6.80. The average Bonchev–Trinajstić information content (AvgIpc) is 3.32. The molecule has 2 aromatic rings. The quantitative estimate of drug-likeness (QED) is 0.588. The molecule has 1 aromatic heterocycles. The van der Waals surface area contributed by atoms with Gasteiger partial charge < -0.3 is 14.5 Å². The predicted molar refractivity (Wildman–Crippen MR) is 128 cm³/mol. The van der Waals surface area contributed by atoms with Crippen LogP contribution in [-0.2, 0) is 16.0 Å². The van der Waals surface area contributed by atoms with Crippen molar-refractivity contribution in [2.45, 2.75) is 57.9 Å². The van der Waals surface area contributed by atoms with E-state index in [9.17, 15) is 9.59 Å². The van der Waals surface area contributed by atoms with Crippen molar-refractivity contribution in [2.24, 2.45) is 5.92 Å². The van der Waals surface area contributed by atoms with Gasteiger partial charge in [-0.25, -0.2) is 0 Å². The molecule has 1 aliphatic carbocycles. The Morgan fingerprint density at radius 1 is 1.12 bits per heavy atom. The Morgan fingerprint density at radius 3 is 2.56 bits per heavy atom. The van der Waals surface area contributed by atoms with Gasteiger partial charge in [-0.1, -0.05) is 38.3 Å². The van der Waals surface area contributed by atoms with Crippen LogP contribution in [0.3, 0.4) is 0 Å². The van der Waals surface area contributed by atoms with Crippen LogP contribution >= 0.6 is 11.3 Å². The van der Waals surface area contributed by atoms with E-state index in [1.165, 1.54) is 16.9 Å². The van der Waals surface area contributed by atoms with Crippen LogP contribution < -0.4 is 4.74 Å². The van der Waals surface area contributed by atoms with Crippen molar-refractivity contribution in [1.82, 2.24) is 9.80 Å². The lowest BCUT2D eigenvalue weighted by Crippen LogP contribution is -2.48. The number of carbonyl (C=O) groups excluding carboxylic acids is 2. The van der Waals surface area contributed by atoms with Crippen LogP contribution in [0.4, 0.5) is 0 Å². The smallest absolute Gasteiger partial charge is 0.242 e.